The zero-order chi connectivity index (χ0) is 10.3. The van der Waals surface area contributed by atoms with Gasteiger partial charge >= 0.3 is 8.68 Å². The number of halogens is 4. The van der Waals surface area contributed by atoms with E-state index in [0.717, 1.165) is 6.42 Å². The van der Waals surface area contributed by atoms with E-state index < -0.39 is 7.25 Å². The molecule has 2 nitrogen and oxygen atoms in total. The molecular formula is C6H7BF4N2. The second-order valence-corrected chi connectivity index (χ2v) is 2.08. The Hall–Kier alpha value is -1.36. The number of hydrogen-bond acceptors (Lipinski definition) is 0. The van der Waals surface area contributed by atoms with Crippen LogP contribution in [-0.4, -0.2) is 17.8 Å². The van der Waals surface area contributed by atoms with Gasteiger partial charge in [0.2, 0.25) is 0 Å². The summed E-state index contributed by atoms with van der Waals surface area (Å²) in [4.78, 5) is 3.03. The van der Waals surface area contributed by atoms with Crippen LogP contribution in [0.15, 0.2) is 24.3 Å². The van der Waals surface area contributed by atoms with Gasteiger partial charge in [-0.3, -0.25) is 0 Å². The Bertz CT molecular complexity index is 261. The van der Waals surface area contributed by atoms with E-state index in [-0.39, 0.29) is 1.43 Å². The first-order valence-electron chi connectivity index (χ1n) is 3.35. The summed E-state index contributed by atoms with van der Waals surface area (Å²) in [5.41, 5.74) is 8.91. The van der Waals surface area contributed by atoms with Crippen molar-refractivity contribution in [1.29, 1.82) is 0 Å². The van der Waals surface area contributed by atoms with Crippen molar-refractivity contribution in [2.75, 3.05) is 0 Å². The molecule has 0 amide bonds. The third-order valence-electron chi connectivity index (χ3n) is 0.991. The van der Waals surface area contributed by atoms with E-state index in [9.17, 15) is 17.3 Å². The van der Waals surface area contributed by atoms with E-state index >= 15 is 0 Å². The molecule has 0 fully saturated rings. The largest absolute Gasteiger partial charge is 1.00 e. The van der Waals surface area contributed by atoms with Gasteiger partial charge in [-0.25, -0.2) is 0 Å². The average Bonchev–Trinajstić information content (AvgIpc) is 2.03. The lowest BCUT2D eigenvalue weighted by Crippen LogP contribution is -2.02. The molecule has 1 rings (SSSR count). The topological polar surface area (TPSA) is 36.4 Å². The molecule has 0 aromatic carbocycles. The maximum Gasteiger partial charge on any atom is 1.00 e. The molecule has 0 heterocycles. The number of hydrogen-bond donors (Lipinski definition) is 0. The van der Waals surface area contributed by atoms with Crippen LogP contribution in [0.2, 0.25) is 0 Å². The Kier molecular flexibility index (Phi) is 4.76. The third-order valence-corrected chi connectivity index (χ3v) is 0.991. The van der Waals surface area contributed by atoms with Crippen molar-refractivity contribution in [2.45, 2.75) is 6.42 Å². The first-order valence-corrected chi connectivity index (χ1v) is 3.35. The van der Waals surface area contributed by atoms with Crippen LogP contribution in [0.4, 0.5) is 17.3 Å². The molecule has 0 atom stereocenters. The first kappa shape index (κ1) is 11.6. The summed E-state index contributed by atoms with van der Waals surface area (Å²) in [6.45, 7) is 0. The SMILES string of the molecule is F[B-](F)(F)F.[H+].[N-]=[N+]=C1C=CC=CC1. The highest BCUT2D eigenvalue weighted by Gasteiger charge is 2.20. The summed E-state index contributed by atoms with van der Waals surface area (Å²) >= 11 is 0. The molecule has 0 saturated carbocycles. The van der Waals surface area contributed by atoms with Gasteiger partial charge in [0.05, 0.1) is 6.42 Å². The fourth-order valence-corrected chi connectivity index (χ4v) is 0.576. The molecule has 0 spiro atoms. The molecule has 0 radical (unpaired) electrons. The Morgan fingerprint density at radius 2 is 1.85 bits per heavy atom. The van der Waals surface area contributed by atoms with Gasteiger partial charge in [0, 0.05) is 6.08 Å². The van der Waals surface area contributed by atoms with Gasteiger partial charge in [0.25, 0.3) is 5.71 Å². The van der Waals surface area contributed by atoms with Gasteiger partial charge in [-0.1, -0.05) is 18.2 Å². The van der Waals surface area contributed by atoms with Crippen molar-refractivity contribution in [3.63, 3.8) is 0 Å². The molecule has 0 bridgehead atoms. The highest BCUT2D eigenvalue weighted by atomic mass is 19.5. The average molecular weight is 194 g/mol. The van der Waals surface area contributed by atoms with Gasteiger partial charge in [-0.05, 0) is 0 Å². The van der Waals surface area contributed by atoms with Crippen LogP contribution in [0, 0.1) is 0 Å². The fraction of sp³-hybridized carbons (Fsp3) is 0.167. The second-order valence-electron chi connectivity index (χ2n) is 2.08. The Morgan fingerprint density at radius 1 is 1.31 bits per heavy atom. The smallest absolute Gasteiger partial charge is 0.418 e. The van der Waals surface area contributed by atoms with Crippen molar-refractivity contribution in [3.8, 4) is 0 Å². The summed E-state index contributed by atoms with van der Waals surface area (Å²) < 4.78 is 39.0. The molecule has 1 aliphatic carbocycles. The van der Waals surface area contributed by atoms with Crippen molar-refractivity contribution >= 4 is 13.0 Å². The normalized spacial score (nSPS) is 14.6. The van der Waals surface area contributed by atoms with Crippen LogP contribution in [0.5, 0.6) is 0 Å². The minimum atomic E-state index is -6.00. The zero-order valence-corrected chi connectivity index (χ0v) is 6.50. The van der Waals surface area contributed by atoms with E-state index in [2.05, 4.69) is 4.79 Å². The van der Waals surface area contributed by atoms with Crippen LogP contribution in [0.3, 0.4) is 0 Å². The maximum atomic E-state index is 9.75. The van der Waals surface area contributed by atoms with Gasteiger partial charge in [0.15, 0.2) is 0 Å². The second kappa shape index (κ2) is 5.32. The molecule has 7 heteroatoms. The molecule has 0 unspecified atom stereocenters. The van der Waals surface area contributed by atoms with E-state index in [1.807, 2.05) is 18.2 Å². The van der Waals surface area contributed by atoms with Crippen molar-refractivity contribution in [3.05, 3.63) is 29.8 Å². The molecule has 1 aliphatic rings. The van der Waals surface area contributed by atoms with Crippen LogP contribution in [-0.2, 0) is 0 Å². The summed E-state index contributed by atoms with van der Waals surface area (Å²) in [5, 5.41) is 0. The summed E-state index contributed by atoms with van der Waals surface area (Å²) in [6.07, 6.45) is 8.23. The van der Waals surface area contributed by atoms with Crippen LogP contribution < -0.4 is 0 Å². The lowest BCUT2D eigenvalue weighted by Gasteiger charge is -1.94. The van der Waals surface area contributed by atoms with Crippen molar-refractivity contribution < 1.29 is 23.5 Å². The first-order chi connectivity index (χ1) is 5.93. The molecule has 0 aliphatic heterocycles. The zero-order valence-electron chi connectivity index (χ0n) is 7.50. The fourth-order valence-electron chi connectivity index (χ4n) is 0.576. The van der Waals surface area contributed by atoms with Crippen LogP contribution in [0.25, 0.3) is 5.53 Å². The van der Waals surface area contributed by atoms with E-state index in [4.69, 9.17) is 5.53 Å². The van der Waals surface area contributed by atoms with E-state index in [1.165, 1.54) is 0 Å². The predicted molar refractivity (Wildman–Crippen MR) is 42.8 cm³/mol. The quantitative estimate of drug-likeness (QED) is 0.246. The standard InChI is InChI=1S/C6H6N2.BF4/c7-8-6-4-2-1-3-5-6;2-1(3,4)5/h1-4H,5H2;/q;-1/p+1. The molecule has 72 valence electrons. The van der Waals surface area contributed by atoms with Gasteiger partial charge in [0.1, 0.15) is 0 Å². The Labute approximate surface area is 73.8 Å². The third kappa shape index (κ3) is 10.6. The number of nitrogens with zero attached hydrogens (tertiary/aromatic N) is 2. The minimum Gasteiger partial charge on any atom is -0.418 e. The number of rotatable bonds is 0. The highest BCUT2D eigenvalue weighted by molar-refractivity contribution is 6.50. The Morgan fingerprint density at radius 3 is 2.08 bits per heavy atom. The molecule has 0 aromatic heterocycles. The van der Waals surface area contributed by atoms with Crippen LogP contribution in [0.1, 0.15) is 7.85 Å². The lowest BCUT2D eigenvalue weighted by molar-refractivity contribution is -0.00537. The monoisotopic (exact) mass is 194 g/mol. The highest BCUT2D eigenvalue weighted by Crippen LogP contribution is 2.06. The lowest BCUT2D eigenvalue weighted by atomic mass is 10.2. The Balaban J connectivity index is 0. The molecular weight excluding hydrogens is 187 g/mol. The molecule has 0 N–H and O–H groups in total. The minimum absolute atomic E-state index is 0. The molecule has 13 heavy (non-hydrogen) atoms. The van der Waals surface area contributed by atoms with Gasteiger partial charge in [-0.2, -0.15) is 4.79 Å². The summed E-state index contributed by atoms with van der Waals surface area (Å²) in [6, 6.07) is 0. The number of allylic oxidation sites excluding steroid dienone is 4. The van der Waals surface area contributed by atoms with Crippen molar-refractivity contribution in [2.24, 2.45) is 0 Å². The van der Waals surface area contributed by atoms with Crippen molar-refractivity contribution in [1.82, 2.24) is 0 Å². The predicted octanol–water partition coefficient (Wildman–Crippen LogP) is 2.59. The molecule has 0 aromatic rings. The summed E-state index contributed by atoms with van der Waals surface area (Å²) in [7, 11) is -6.00. The molecule has 0 saturated heterocycles. The van der Waals surface area contributed by atoms with Gasteiger partial charge < -0.3 is 22.8 Å². The maximum absolute atomic E-state index is 9.75. The van der Waals surface area contributed by atoms with Crippen LogP contribution >= 0.6 is 0 Å². The van der Waals surface area contributed by atoms with Gasteiger partial charge in [-0.15, -0.1) is 0 Å². The van der Waals surface area contributed by atoms with E-state index in [1.54, 1.807) is 6.08 Å². The summed E-state index contributed by atoms with van der Waals surface area (Å²) in [5.74, 6) is 0. The van der Waals surface area contributed by atoms with E-state index in [0.29, 0.717) is 5.71 Å².